The van der Waals surface area contributed by atoms with Crippen LogP contribution in [0.15, 0.2) is 24.3 Å². The molecular weight excluding hydrogens is 212 g/mol. The highest BCUT2D eigenvalue weighted by Gasteiger charge is 2.42. The summed E-state index contributed by atoms with van der Waals surface area (Å²) in [6.07, 6.45) is 5.03. The highest BCUT2D eigenvalue weighted by Crippen LogP contribution is 2.41. The van der Waals surface area contributed by atoms with Crippen LogP contribution in [0.4, 0.5) is 0 Å². The summed E-state index contributed by atoms with van der Waals surface area (Å²) in [5.74, 6) is 5.29. The Bertz CT molecular complexity index is 391. The van der Waals surface area contributed by atoms with Gasteiger partial charge in [-0.15, -0.1) is 0 Å². The molecule has 0 heterocycles. The first-order valence-corrected chi connectivity index (χ1v) is 6.33. The maximum Gasteiger partial charge on any atom is 0.244 e. The quantitative estimate of drug-likeness (QED) is 0.476. The Kier molecular flexibility index (Phi) is 3.48. The second kappa shape index (κ2) is 4.88. The summed E-state index contributed by atoms with van der Waals surface area (Å²) in [6, 6.07) is 8.39. The number of hydrogen-bond acceptors (Lipinski definition) is 2. The number of benzene rings is 1. The van der Waals surface area contributed by atoms with Crippen molar-refractivity contribution in [3.8, 4) is 0 Å². The van der Waals surface area contributed by atoms with E-state index < -0.39 is 0 Å². The molecule has 17 heavy (non-hydrogen) atoms. The fourth-order valence-corrected chi connectivity index (χ4v) is 2.82. The summed E-state index contributed by atoms with van der Waals surface area (Å²) in [4.78, 5) is 12.1. The van der Waals surface area contributed by atoms with Crippen molar-refractivity contribution < 1.29 is 4.79 Å². The largest absolute Gasteiger partial charge is 0.293 e. The minimum Gasteiger partial charge on any atom is -0.293 e. The number of nitrogens with one attached hydrogen (secondary N) is 1. The van der Waals surface area contributed by atoms with E-state index in [0.29, 0.717) is 0 Å². The molecule has 1 aromatic carbocycles. The Morgan fingerprint density at radius 2 is 1.88 bits per heavy atom. The fourth-order valence-electron chi connectivity index (χ4n) is 2.82. The van der Waals surface area contributed by atoms with Crippen molar-refractivity contribution in [1.29, 1.82) is 0 Å². The van der Waals surface area contributed by atoms with Crippen molar-refractivity contribution in [3.63, 3.8) is 0 Å². The minimum absolute atomic E-state index is 0.0424. The molecule has 0 atom stereocenters. The molecule has 0 aromatic heterocycles. The summed E-state index contributed by atoms with van der Waals surface area (Å²) in [5, 5.41) is 0. The molecule has 1 aromatic rings. The van der Waals surface area contributed by atoms with E-state index in [1.165, 1.54) is 5.56 Å². The van der Waals surface area contributed by atoms with Gasteiger partial charge in [0, 0.05) is 0 Å². The number of hydrazine groups is 1. The molecule has 3 nitrogen and oxygen atoms in total. The summed E-state index contributed by atoms with van der Waals surface area (Å²) in [6.45, 7) is 2.13. The molecule has 1 aliphatic rings. The Balaban J connectivity index is 2.35. The minimum atomic E-state index is -0.388. The fraction of sp³-hybridized carbons (Fsp3) is 0.500. The Labute approximate surface area is 102 Å². The zero-order valence-electron chi connectivity index (χ0n) is 10.3. The SMILES string of the molecule is CCc1ccc(C2(C(=O)NN)CCCC2)cc1. The maximum atomic E-state index is 12.1. The van der Waals surface area contributed by atoms with Gasteiger partial charge in [-0.05, 0) is 30.4 Å². The van der Waals surface area contributed by atoms with E-state index in [-0.39, 0.29) is 11.3 Å². The standard InChI is InChI=1S/C14H20N2O/c1-2-11-5-7-12(8-6-11)14(13(17)16-15)9-3-4-10-14/h5-8H,2-4,9-10,15H2,1H3,(H,16,17). The second-order valence-electron chi connectivity index (χ2n) is 4.81. The molecule has 2 rings (SSSR count). The van der Waals surface area contributed by atoms with E-state index in [1.54, 1.807) is 0 Å². The number of amides is 1. The number of nitrogens with two attached hydrogens (primary N) is 1. The highest BCUT2D eigenvalue weighted by atomic mass is 16.2. The lowest BCUT2D eigenvalue weighted by atomic mass is 9.78. The molecule has 0 spiro atoms. The van der Waals surface area contributed by atoms with Crippen molar-refractivity contribution in [2.45, 2.75) is 44.4 Å². The van der Waals surface area contributed by atoms with E-state index in [9.17, 15) is 4.79 Å². The zero-order valence-corrected chi connectivity index (χ0v) is 10.3. The highest BCUT2D eigenvalue weighted by molar-refractivity contribution is 5.88. The average Bonchev–Trinajstić information content (AvgIpc) is 2.88. The lowest BCUT2D eigenvalue weighted by Crippen LogP contribution is -2.45. The van der Waals surface area contributed by atoms with Gasteiger partial charge in [-0.3, -0.25) is 10.2 Å². The van der Waals surface area contributed by atoms with E-state index >= 15 is 0 Å². The Morgan fingerprint density at radius 1 is 1.29 bits per heavy atom. The van der Waals surface area contributed by atoms with Crippen molar-refractivity contribution in [2.24, 2.45) is 5.84 Å². The number of rotatable bonds is 3. The van der Waals surface area contributed by atoms with Crippen LogP contribution in [0.25, 0.3) is 0 Å². The molecule has 3 N–H and O–H groups in total. The predicted octanol–water partition coefficient (Wildman–Crippen LogP) is 2.05. The average molecular weight is 232 g/mol. The molecule has 0 unspecified atom stereocenters. The number of carbonyl (C=O) groups is 1. The van der Waals surface area contributed by atoms with E-state index in [4.69, 9.17) is 5.84 Å². The van der Waals surface area contributed by atoms with Gasteiger partial charge in [0.1, 0.15) is 0 Å². The van der Waals surface area contributed by atoms with Crippen LogP contribution in [0.5, 0.6) is 0 Å². The van der Waals surface area contributed by atoms with Crippen LogP contribution in [0, 0.1) is 0 Å². The number of aryl methyl sites for hydroxylation is 1. The van der Waals surface area contributed by atoms with Crippen molar-refractivity contribution >= 4 is 5.91 Å². The van der Waals surface area contributed by atoms with Gasteiger partial charge < -0.3 is 0 Å². The van der Waals surface area contributed by atoms with Gasteiger partial charge in [-0.25, -0.2) is 5.84 Å². The molecule has 1 aliphatic carbocycles. The third kappa shape index (κ3) is 2.07. The second-order valence-corrected chi connectivity index (χ2v) is 4.81. The van der Waals surface area contributed by atoms with Crippen LogP contribution < -0.4 is 11.3 Å². The molecule has 1 amide bonds. The lowest BCUT2D eigenvalue weighted by molar-refractivity contribution is -0.126. The first-order chi connectivity index (χ1) is 8.23. The number of hydrogen-bond donors (Lipinski definition) is 2. The normalized spacial score (nSPS) is 18.0. The van der Waals surface area contributed by atoms with Gasteiger partial charge in [0.2, 0.25) is 5.91 Å². The molecule has 1 saturated carbocycles. The van der Waals surface area contributed by atoms with Gasteiger partial charge in [-0.2, -0.15) is 0 Å². The Hall–Kier alpha value is -1.35. The van der Waals surface area contributed by atoms with Gasteiger partial charge in [-0.1, -0.05) is 44.0 Å². The smallest absolute Gasteiger partial charge is 0.244 e. The lowest BCUT2D eigenvalue weighted by Gasteiger charge is -2.27. The van der Waals surface area contributed by atoms with Crippen LogP contribution >= 0.6 is 0 Å². The zero-order chi connectivity index (χ0) is 12.3. The predicted molar refractivity (Wildman–Crippen MR) is 68.3 cm³/mol. The van der Waals surface area contributed by atoms with Gasteiger partial charge in [0.05, 0.1) is 5.41 Å². The van der Waals surface area contributed by atoms with Gasteiger partial charge in [0.15, 0.2) is 0 Å². The van der Waals surface area contributed by atoms with Gasteiger partial charge >= 0.3 is 0 Å². The molecule has 0 saturated heterocycles. The molecule has 3 heteroatoms. The van der Waals surface area contributed by atoms with Crippen LogP contribution in [0.2, 0.25) is 0 Å². The van der Waals surface area contributed by atoms with Gasteiger partial charge in [0.25, 0.3) is 0 Å². The van der Waals surface area contributed by atoms with Crippen LogP contribution in [0.1, 0.15) is 43.7 Å². The van der Waals surface area contributed by atoms with Crippen molar-refractivity contribution in [1.82, 2.24) is 5.43 Å². The molecule has 1 fully saturated rings. The Morgan fingerprint density at radius 3 is 2.35 bits per heavy atom. The van der Waals surface area contributed by atoms with E-state index in [2.05, 4.69) is 36.6 Å². The molecule has 0 bridgehead atoms. The van der Waals surface area contributed by atoms with Crippen molar-refractivity contribution in [2.75, 3.05) is 0 Å². The number of carbonyl (C=O) groups excluding carboxylic acids is 1. The summed E-state index contributed by atoms with van der Waals surface area (Å²) >= 11 is 0. The van der Waals surface area contributed by atoms with Crippen LogP contribution in [0.3, 0.4) is 0 Å². The first-order valence-electron chi connectivity index (χ1n) is 6.33. The molecule has 92 valence electrons. The van der Waals surface area contributed by atoms with E-state index in [0.717, 1.165) is 37.7 Å². The molecule has 0 aliphatic heterocycles. The van der Waals surface area contributed by atoms with Crippen molar-refractivity contribution in [3.05, 3.63) is 35.4 Å². The third-order valence-electron chi connectivity index (χ3n) is 3.94. The third-order valence-corrected chi connectivity index (χ3v) is 3.94. The maximum absolute atomic E-state index is 12.1. The summed E-state index contributed by atoms with van der Waals surface area (Å²) in [5.41, 5.74) is 4.36. The molecule has 0 radical (unpaired) electrons. The summed E-state index contributed by atoms with van der Waals surface area (Å²) in [7, 11) is 0. The first kappa shape index (κ1) is 12.1. The molecular formula is C14H20N2O. The van der Waals surface area contributed by atoms with Crippen LogP contribution in [-0.2, 0) is 16.6 Å². The summed E-state index contributed by atoms with van der Waals surface area (Å²) < 4.78 is 0. The van der Waals surface area contributed by atoms with Crippen LogP contribution in [-0.4, -0.2) is 5.91 Å². The monoisotopic (exact) mass is 232 g/mol. The van der Waals surface area contributed by atoms with E-state index in [1.807, 2.05) is 0 Å². The topological polar surface area (TPSA) is 55.1 Å².